The zero-order chi connectivity index (χ0) is 12.4. The molecule has 0 radical (unpaired) electrons. The Hall–Kier alpha value is -2.09. The van der Waals surface area contributed by atoms with Crippen molar-refractivity contribution < 1.29 is 4.79 Å². The normalized spacial score (nSPS) is 10.2. The second kappa shape index (κ2) is 4.42. The van der Waals surface area contributed by atoms with E-state index < -0.39 is 0 Å². The fourth-order valence-electron chi connectivity index (χ4n) is 2.01. The van der Waals surface area contributed by atoms with Gasteiger partial charge in [-0.25, -0.2) is 0 Å². The molecule has 0 unspecified atom stereocenters. The standard InChI is InChI=1S/C15H15NO/c1-4-14(17)12-9-5-7-11-8-6-10-13(15(11)12)16(2)3/h4-10H,1H2,2-3H3. The minimum atomic E-state index is -0.0371. The molecule has 2 nitrogen and oxygen atoms in total. The minimum absolute atomic E-state index is 0.0371. The van der Waals surface area contributed by atoms with Crippen LogP contribution >= 0.6 is 0 Å². The van der Waals surface area contributed by atoms with Gasteiger partial charge < -0.3 is 4.90 Å². The van der Waals surface area contributed by atoms with Crippen molar-refractivity contribution in [3.63, 3.8) is 0 Å². The number of fused-ring (bicyclic) bond motifs is 1. The maximum Gasteiger partial charge on any atom is 0.185 e. The first kappa shape index (κ1) is 11.4. The third-order valence-electron chi connectivity index (χ3n) is 2.82. The minimum Gasteiger partial charge on any atom is -0.377 e. The molecule has 0 heterocycles. The van der Waals surface area contributed by atoms with Crippen LogP contribution in [0.1, 0.15) is 10.4 Å². The van der Waals surface area contributed by atoms with E-state index in [4.69, 9.17) is 0 Å². The SMILES string of the molecule is C=CC(=O)c1cccc2cccc(N(C)C)c12. The second-order valence-corrected chi connectivity index (χ2v) is 4.14. The Balaban J connectivity index is 2.85. The average molecular weight is 225 g/mol. The average Bonchev–Trinajstić information content (AvgIpc) is 2.36. The summed E-state index contributed by atoms with van der Waals surface area (Å²) in [6.07, 6.45) is 1.36. The molecule has 0 aromatic heterocycles. The van der Waals surface area contributed by atoms with E-state index in [-0.39, 0.29) is 5.78 Å². The summed E-state index contributed by atoms with van der Waals surface area (Å²) < 4.78 is 0. The van der Waals surface area contributed by atoms with Gasteiger partial charge >= 0.3 is 0 Å². The zero-order valence-corrected chi connectivity index (χ0v) is 10.1. The number of hydrogen-bond acceptors (Lipinski definition) is 2. The quantitative estimate of drug-likeness (QED) is 0.590. The molecule has 0 fully saturated rings. The van der Waals surface area contributed by atoms with Crippen LogP contribution < -0.4 is 4.90 Å². The van der Waals surface area contributed by atoms with Crippen molar-refractivity contribution in [1.29, 1.82) is 0 Å². The molecule has 2 heteroatoms. The van der Waals surface area contributed by atoms with Crippen molar-refractivity contribution in [3.8, 4) is 0 Å². The molecule has 17 heavy (non-hydrogen) atoms. The van der Waals surface area contributed by atoms with Crippen LogP contribution in [0.3, 0.4) is 0 Å². The van der Waals surface area contributed by atoms with Gasteiger partial charge in [0, 0.05) is 30.7 Å². The largest absolute Gasteiger partial charge is 0.377 e. The highest BCUT2D eigenvalue weighted by molar-refractivity contribution is 6.16. The topological polar surface area (TPSA) is 20.3 Å². The van der Waals surface area contributed by atoms with Gasteiger partial charge in [0.2, 0.25) is 0 Å². The van der Waals surface area contributed by atoms with Gasteiger partial charge in [-0.15, -0.1) is 0 Å². The summed E-state index contributed by atoms with van der Waals surface area (Å²) in [7, 11) is 3.95. The number of nitrogens with zero attached hydrogens (tertiary/aromatic N) is 1. The Kier molecular flexibility index (Phi) is 2.96. The number of benzene rings is 2. The highest BCUT2D eigenvalue weighted by atomic mass is 16.1. The lowest BCUT2D eigenvalue weighted by atomic mass is 9.99. The summed E-state index contributed by atoms with van der Waals surface area (Å²) in [5.74, 6) is -0.0371. The molecule has 2 aromatic rings. The Morgan fingerprint density at radius 1 is 1.18 bits per heavy atom. The van der Waals surface area contributed by atoms with Crippen LogP contribution in [-0.2, 0) is 0 Å². The first-order valence-corrected chi connectivity index (χ1v) is 5.51. The predicted octanol–water partition coefficient (Wildman–Crippen LogP) is 3.27. The maximum absolute atomic E-state index is 11.9. The molecule has 2 rings (SSSR count). The van der Waals surface area contributed by atoms with E-state index in [1.54, 1.807) is 0 Å². The molecule has 0 bridgehead atoms. The highest BCUT2D eigenvalue weighted by Crippen LogP contribution is 2.29. The molecule has 0 spiro atoms. The molecule has 0 aliphatic carbocycles. The zero-order valence-electron chi connectivity index (χ0n) is 10.1. The summed E-state index contributed by atoms with van der Waals surface area (Å²) in [6.45, 7) is 3.56. The molecule has 2 aromatic carbocycles. The maximum atomic E-state index is 11.9. The lowest BCUT2D eigenvalue weighted by Crippen LogP contribution is -2.10. The van der Waals surface area contributed by atoms with E-state index in [2.05, 4.69) is 6.58 Å². The number of carbonyl (C=O) groups excluding carboxylic acids is 1. The Labute approximate surface area is 101 Å². The molecule has 0 saturated carbocycles. The summed E-state index contributed by atoms with van der Waals surface area (Å²) in [4.78, 5) is 13.9. The van der Waals surface area contributed by atoms with Crippen LogP contribution in [0.2, 0.25) is 0 Å². The van der Waals surface area contributed by atoms with Gasteiger partial charge in [-0.2, -0.15) is 0 Å². The van der Waals surface area contributed by atoms with E-state index in [0.717, 1.165) is 16.5 Å². The van der Waals surface area contributed by atoms with Crippen LogP contribution in [0.25, 0.3) is 10.8 Å². The summed E-state index contributed by atoms with van der Waals surface area (Å²) in [6, 6.07) is 11.8. The van der Waals surface area contributed by atoms with Crippen molar-refractivity contribution >= 4 is 22.2 Å². The van der Waals surface area contributed by atoms with E-state index in [1.807, 2.05) is 55.4 Å². The van der Waals surface area contributed by atoms with Crippen LogP contribution in [0, 0.1) is 0 Å². The number of rotatable bonds is 3. The smallest absolute Gasteiger partial charge is 0.185 e. The summed E-state index contributed by atoms with van der Waals surface area (Å²) >= 11 is 0. The van der Waals surface area contributed by atoms with Gasteiger partial charge in [0.05, 0.1) is 0 Å². The summed E-state index contributed by atoms with van der Waals surface area (Å²) in [5.41, 5.74) is 1.76. The molecule has 0 aliphatic rings. The van der Waals surface area contributed by atoms with E-state index in [9.17, 15) is 4.79 Å². The number of ketones is 1. The Morgan fingerprint density at radius 3 is 2.41 bits per heavy atom. The Morgan fingerprint density at radius 2 is 1.82 bits per heavy atom. The number of hydrogen-bond donors (Lipinski definition) is 0. The monoisotopic (exact) mass is 225 g/mol. The lowest BCUT2D eigenvalue weighted by Gasteiger charge is -2.17. The first-order valence-electron chi connectivity index (χ1n) is 5.51. The van der Waals surface area contributed by atoms with Gasteiger partial charge in [0.25, 0.3) is 0 Å². The van der Waals surface area contributed by atoms with Crippen LogP contribution in [0.5, 0.6) is 0 Å². The highest BCUT2D eigenvalue weighted by Gasteiger charge is 2.11. The van der Waals surface area contributed by atoms with Crippen molar-refractivity contribution in [2.45, 2.75) is 0 Å². The predicted molar refractivity (Wildman–Crippen MR) is 72.8 cm³/mol. The van der Waals surface area contributed by atoms with Gasteiger partial charge in [-0.05, 0) is 17.5 Å². The lowest BCUT2D eigenvalue weighted by molar-refractivity contribution is 0.104. The molecular formula is C15H15NO. The molecule has 0 N–H and O–H groups in total. The third-order valence-corrected chi connectivity index (χ3v) is 2.82. The molecule has 86 valence electrons. The van der Waals surface area contributed by atoms with Gasteiger partial charge in [-0.3, -0.25) is 4.79 Å². The van der Waals surface area contributed by atoms with E-state index >= 15 is 0 Å². The van der Waals surface area contributed by atoms with Crippen LogP contribution in [0.4, 0.5) is 5.69 Å². The molecule has 0 saturated heterocycles. The molecular weight excluding hydrogens is 210 g/mol. The van der Waals surface area contributed by atoms with Crippen molar-refractivity contribution in [2.75, 3.05) is 19.0 Å². The number of allylic oxidation sites excluding steroid dienone is 1. The van der Waals surface area contributed by atoms with Gasteiger partial charge in [0.15, 0.2) is 5.78 Å². The van der Waals surface area contributed by atoms with Crippen molar-refractivity contribution in [1.82, 2.24) is 0 Å². The fourth-order valence-corrected chi connectivity index (χ4v) is 2.01. The van der Waals surface area contributed by atoms with E-state index in [1.165, 1.54) is 6.08 Å². The molecule has 0 atom stereocenters. The van der Waals surface area contributed by atoms with Crippen molar-refractivity contribution in [3.05, 3.63) is 54.6 Å². The first-order chi connectivity index (χ1) is 8.15. The van der Waals surface area contributed by atoms with Gasteiger partial charge in [0.1, 0.15) is 0 Å². The Bertz CT molecular complexity index is 579. The molecule has 0 amide bonds. The van der Waals surface area contributed by atoms with Gasteiger partial charge in [-0.1, -0.05) is 36.9 Å². The van der Waals surface area contributed by atoms with Crippen LogP contribution in [0.15, 0.2) is 49.1 Å². The van der Waals surface area contributed by atoms with Crippen LogP contribution in [-0.4, -0.2) is 19.9 Å². The molecule has 0 aliphatic heterocycles. The summed E-state index contributed by atoms with van der Waals surface area (Å²) in [5, 5.41) is 2.06. The van der Waals surface area contributed by atoms with E-state index in [0.29, 0.717) is 5.56 Å². The second-order valence-electron chi connectivity index (χ2n) is 4.14. The van der Waals surface area contributed by atoms with Crippen molar-refractivity contribution in [2.24, 2.45) is 0 Å². The third kappa shape index (κ3) is 1.94. The fraction of sp³-hybridized carbons (Fsp3) is 0.133. The number of carbonyl (C=O) groups is 1. The number of anilines is 1.